The summed E-state index contributed by atoms with van der Waals surface area (Å²) < 4.78 is 33.3. The summed E-state index contributed by atoms with van der Waals surface area (Å²) in [4.78, 5) is 52.5. The van der Waals surface area contributed by atoms with Gasteiger partial charge in [-0.15, -0.1) is 4.52 Å². The Kier molecular flexibility index (Phi) is 15.8. The summed E-state index contributed by atoms with van der Waals surface area (Å²) >= 11 is 0. The first-order chi connectivity index (χ1) is 23.1. The maximum Gasteiger partial charge on any atom is 0.728 e. The lowest BCUT2D eigenvalue weighted by molar-refractivity contribution is -0.142. The molecule has 16 heteroatoms. The van der Waals surface area contributed by atoms with Crippen LogP contribution in [0, 0.1) is 25.6 Å². The van der Waals surface area contributed by atoms with Crippen LogP contribution in [0.15, 0.2) is 18.2 Å². The van der Waals surface area contributed by atoms with Gasteiger partial charge in [0.15, 0.2) is 0 Å². The minimum atomic E-state index is -2.65. The minimum absolute atomic E-state index is 0.0561. The van der Waals surface area contributed by atoms with Gasteiger partial charge in [0, 0.05) is 59.2 Å². The molecule has 0 spiro atoms. The lowest BCUT2D eigenvalue weighted by Crippen LogP contribution is -2.47. The standard InChI is InChI=1S/C32H43FN5O9P/c1-20-24(21(2)36-29(20)16-26-25-15-23(33)9-11-27(25)38-31(26)42)10-12-30(41)37-28(8-4-5-13-34-19-40)32(43)35-14-6-3-7-22(17-39)18-46-48(45)47-44/h9,11,15-16,19,22,28,36,39H,3-8,10,12-14,17-18H2,1-2H3,(H4-,34,35,37,38,40,41,42,43,44)/p+1/t22?,28-/m1/s1. The van der Waals surface area contributed by atoms with E-state index in [1.165, 1.54) is 18.2 Å². The Labute approximate surface area is 279 Å². The molecule has 1 aromatic heterocycles. The molecule has 1 aromatic carbocycles. The lowest BCUT2D eigenvalue weighted by Gasteiger charge is -2.19. The zero-order valence-electron chi connectivity index (χ0n) is 27.1. The van der Waals surface area contributed by atoms with Gasteiger partial charge in [0.05, 0.1) is 10.2 Å². The summed E-state index contributed by atoms with van der Waals surface area (Å²) in [6, 6.07) is 3.34. The van der Waals surface area contributed by atoms with Crippen LogP contribution in [0.2, 0.25) is 0 Å². The zero-order chi connectivity index (χ0) is 35.1. The molecule has 2 aromatic rings. The average Bonchev–Trinajstić information content (AvgIpc) is 3.52. The Hall–Kier alpha value is -4.01. The van der Waals surface area contributed by atoms with Crippen molar-refractivity contribution >= 4 is 49.7 Å². The number of rotatable bonds is 22. The second kappa shape index (κ2) is 19.7. The summed E-state index contributed by atoms with van der Waals surface area (Å²) in [5, 5.41) is 28.8. The smallest absolute Gasteiger partial charge is 0.396 e. The highest BCUT2D eigenvalue weighted by Crippen LogP contribution is 2.34. The molecule has 14 nitrogen and oxygen atoms in total. The Morgan fingerprint density at radius 2 is 1.88 bits per heavy atom. The highest BCUT2D eigenvalue weighted by atomic mass is 31.1. The van der Waals surface area contributed by atoms with Gasteiger partial charge in [-0.25, -0.2) is 9.65 Å². The van der Waals surface area contributed by atoms with E-state index in [0.29, 0.717) is 87.0 Å². The Morgan fingerprint density at radius 1 is 1.12 bits per heavy atom. The predicted octanol–water partition coefficient (Wildman–Crippen LogP) is 3.66. The number of benzene rings is 1. The molecule has 0 saturated carbocycles. The third-order valence-corrected chi connectivity index (χ3v) is 8.66. The molecular formula is C32H44FN5O9P+. The number of halogens is 1. The molecule has 2 heterocycles. The van der Waals surface area contributed by atoms with E-state index in [1.807, 2.05) is 13.8 Å². The maximum atomic E-state index is 13.9. The number of aromatic nitrogens is 1. The second-order valence-corrected chi connectivity index (χ2v) is 12.5. The number of aliphatic hydroxyl groups is 1. The number of H-pyrrole nitrogens is 1. The van der Waals surface area contributed by atoms with Crippen molar-refractivity contribution < 1.29 is 47.7 Å². The van der Waals surface area contributed by atoms with Crippen LogP contribution in [0.25, 0.3) is 11.6 Å². The molecule has 0 bridgehead atoms. The van der Waals surface area contributed by atoms with Crippen LogP contribution in [-0.2, 0) is 39.4 Å². The van der Waals surface area contributed by atoms with Gasteiger partial charge >= 0.3 is 8.25 Å². The van der Waals surface area contributed by atoms with E-state index in [2.05, 4.69) is 30.9 Å². The van der Waals surface area contributed by atoms with Gasteiger partial charge in [-0.2, -0.15) is 0 Å². The number of fused-ring (bicyclic) bond motifs is 1. The van der Waals surface area contributed by atoms with Gasteiger partial charge in [0.1, 0.15) is 18.5 Å². The van der Waals surface area contributed by atoms with Crippen LogP contribution in [0.5, 0.6) is 0 Å². The highest BCUT2D eigenvalue weighted by molar-refractivity contribution is 7.33. The van der Waals surface area contributed by atoms with E-state index in [9.17, 15) is 33.2 Å². The molecule has 0 aliphatic carbocycles. The molecule has 3 atom stereocenters. The lowest BCUT2D eigenvalue weighted by atomic mass is 10.0. The van der Waals surface area contributed by atoms with Gasteiger partial charge in [0.25, 0.3) is 5.91 Å². The van der Waals surface area contributed by atoms with Gasteiger partial charge in [0.2, 0.25) is 18.2 Å². The van der Waals surface area contributed by atoms with Crippen LogP contribution >= 0.6 is 8.25 Å². The number of unbranched alkanes of at least 4 members (excludes halogenated alkanes) is 2. The number of hydrogen-bond donors (Lipinski definition) is 7. The molecule has 0 saturated heterocycles. The fourth-order valence-corrected chi connectivity index (χ4v) is 5.88. The van der Waals surface area contributed by atoms with Gasteiger partial charge in [-0.3, -0.25) is 19.2 Å². The molecule has 4 amide bonds. The number of amides is 4. The number of aryl methyl sites for hydroxylation is 1. The van der Waals surface area contributed by atoms with Gasteiger partial charge in [-0.1, -0.05) is 6.42 Å². The van der Waals surface area contributed by atoms with Crippen molar-refractivity contribution in [2.75, 3.05) is 31.6 Å². The van der Waals surface area contributed by atoms with Crippen molar-refractivity contribution in [2.45, 2.75) is 71.3 Å². The fourth-order valence-electron chi connectivity index (χ4n) is 5.50. The van der Waals surface area contributed by atoms with Crippen molar-refractivity contribution in [1.29, 1.82) is 0 Å². The van der Waals surface area contributed by atoms with Crippen molar-refractivity contribution in [3.05, 3.63) is 52.1 Å². The van der Waals surface area contributed by atoms with Crippen LogP contribution in [0.4, 0.5) is 10.1 Å². The molecular weight excluding hydrogens is 648 g/mol. The van der Waals surface area contributed by atoms with E-state index < -0.39 is 20.1 Å². The third-order valence-electron chi connectivity index (χ3n) is 8.16. The molecule has 3 rings (SSSR count). The number of anilines is 1. The van der Waals surface area contributed by atoms with Gasteiger partial charge < -0.3 is 31.4 Å². The number of carbonyl (C=O) groups is 4. The molecule has 48 heavy (non-hydrogen) atoms. The fraction of sp³-hybridized carbons (Fsp3) is 0.500. The second-order valence-electron chi connectivity index (χ2n) is 11.6. The molecule has 262 valence electrons. The first-order valence-electron chi connectivity index (χ1n) is 15.9. The van der Waals surface area contributed by atoms with E-state index in [-0.39, 0.29) is 43.3 Å². The van der Waals surface area contributed by atoms with E-state index in [0.717, 1.165) is 16.8 Å². The number of aliphatic hydroxyl groups excluding tert-OH is 1. The Balaban J connectivity index is 1.56. The highest BCUT2D eigenvalue weighted by Gasteiger charge is 2.26. The molecule has 0 radical (unpaired) electrons. The topological polar surface area (TPSA) is 208 Å². The monoisotopic (exact) mass is 692 g/mol. The third kappa shape index (κ3) is 11.6. The number of aromatic amines is 1. The van der Waals surface area contributed by atoms with E-state index in [1.54, 1.807) is 6.08 Å². The quantitative estimate of drug-likeness (QED) is 0.0240. The normalized spacial score (nSPS) is 14.6. The molecule has 0 fully saturated rings. The minimum Gasteiger partial charge on any atom is -0.396 e. The van der Waals surface area contributed by atoms with Crippen molar-refractivity contribution in [3.8, 4) is 0 Å². The summed E-state index contributed by atoms with van der Waals surface area (Å²) in [7, 11) is -2.65. The molecule has 7 N–H and O–H groups in total. The van der Waals surface area contributed by atoms with Crippen LogP contribution in [-0.4, -0.2) is 71.8 Å². The largest absolute Gasteiger partial charge is 0.728 e. The number of hydrogen-bond acceptors (Lipinski definition) is 9. The van der Waals surface area contributed by atoms with Crippen LogP contribution < -0.4 is 21.3 Å². The molecule has 1 aliphatic rings. The first-order valence-corrected chi connectivity index (χ1v) is 16.9. The summed E-state index contributed by atoms with van der Waals surface area (Å²) in [5.74, 6) is -1.73. The Morgan fingerprint density at radius 3 is 2.60 bits per heavy atom. The van der Waals surface area contributed by atoms with E-state index >= 15 is 0 Å². The number of carbonyl (C=O) groups excluding carboxylic acids is 4. The van der Waals surface area contributed by atoms with E-state index in [4.69, 9.17) is 9.78 Å². The predicted molar refractivity (Wildman–Crippen MR) is 176 cm³/mol. The average molecular weight is 693 g/mol. The van der Waals surface area contributed by atoms with Gasteiger partial charge in [-0.05, 0) is 87.8 Å². The molecule has 2 unspecified atom stereocenters. The Bertz CT molecular complexity index is 1480. The maximum absolute atomic E-state index is 13.9. The van der Waals surface area contributed by atoms with Crippen molar-refractivity contribution in [3.63, 3.8) is 0 Å². The SMILES string of the molecule is Cc1[nH]c(C=C2C(=O)Nc3ccc(F)cc32)c(C)c1CCC(=O)N[C@H](CCCCNC=O)C(=O)NCCCCC(CO)CO[P+](=O)OO. The summed E-state index contributed by atoms with van der Waals surface area (Å²) in [6.07, 6.45) is 6.11. The number of nitrogens with one attached hydrogen (secondary N) is 5. The summed E-state index contributed by atoms with van der Waals surface area (Å²) in [5.41, 5.74) is 4.61. The molecule has 1 aliphatic heterocycles. The van der Waals surface area contributed by atoms with Crippen LogP contribution in [0.3, 0.4) is 0 Å². The zero-order valence-corrected chi connectivity index (χ0v) is 28.0. The van der Waals surface area contributed by atoms with Crippen molar-refractivity contribution in [2.24, 2.45) is 5.92 Å². The summed E-state index contributed by atoms with van der Waals surface area (Å²) in [6.45, 7) is 4.27. The van der Waals surface area contributed by atoms with Crippen molar-refractivity contribution in [1.82, 2.24) is 20.9 Å². The van der Waals surface area contributed by atoms with Crippen LogP contribution in [0.1, 0.15) is 73.0 Å². The first kappa shape index (κ1) is 38.4.